The lowest BCUT2D eigenvalue weighted by Crippen LogP contribution is -2.32. The number of alkyl halides is 3. The van der Waals surface area contributed by atoms with Crippen molar-refractivity contribution >= 4 is 40.7 Å². The highest BCUT2D eigenvalue weighted by Gasteiger charge is 2.31. The van der Waals surface area contributed by atoms with Gasteiger partial charge in [-0.1, -0.05) is 79.8 Å². The first-order chi connectivity index (χ1) is 16.2. The summed E-state index contributed by atoms with van der Waals surface area (Å²) in [5, 5.41) is 0.123. The number of rotatable bonds is 6. The van der Waals surface area contributed by atoms with Crippen LogP contribution in [0.1, 0.15) is 53.4 Å². The summed E-state index contributed by atoms with van der Waals surface area (Å²) in [5.74, 6) is -0.367. The Kier molecular flexibility index (Phi) is 8.40. The molecular weight excluding hydrogens is 520 g/mol. The average Bonchev–Trinajstić information content (AvgIpc) is 2.74. The van der Waals surface area contributed by atoms with Crippen molar-refractivity contribution in [1.29, 1.82) is 0 Å². The molecule has 0 saturated carbocycles. The molecule has 3 nitrogen and oxygen atoms in total. The first kappa shape index (κ1) is 27.3. The average molecular weight is 544 g/mol. The van der Waals surface area contributed by atoms with E-state index in [1.165, 1.54) is 18.2 Å². The lowest BCUT2D eigenvalue weighted by molar-refractivity contribution is -0.137. The molecule has 3 aromatic rings. The standard InChI is InChI=1S/C26H24Cl3F3N2O/c1-25(2,3)19-6-4-16(5-7-19)15-34(24(35)18-12-22(28)33-23(29)13-18)9-8-17-10-20(26(30,31)32)14-21(27)11-17/h4-7,10-14H,8-9,15H2,1-3H3. The van der Waals surface area contributed by atoms with Gasteiger partial charge in [-0.05, 0) is 58.9 Å². The van der Waals surface area contributed by atoms with Crippen LogP contribution in [0.3, 0.4) is 0 Å². The van der Waals surface area contributed by atoms with Gasteiger partial charge in [-0.2, -0.15) is 13.2 Å². The molecular formula is C26H24Cl3F3N2O. The van der Waals surface area contributed by atoms with E-state index in [2.05, 4.69) is 25.8 Å². The second-order valence-electron chi connectivity index (χ2n) is 9.27. The molecule has 0 spiro atoms. The van der Waals surface area contributed by atoms with Crippen molar-refractivity contribution in [2.24, 2.45) is 0 Å². The molecule has 9 heteroatoms. The first-order valence-corrected chi connectivity index (χ1v) is 11.9. The van der Waals surface area contributed by atoms with Crippen molar-refractivity contribution in [3.8, 4) is 0 Å². The molecule has 0 radical (unpaired) electrons. The van der Waals surface area contributed by atoms with Crippen LogP contribution in [0, 0.1) is 0 Å². The van der Waals surface area contributed by atoms with Crippen molar-refractivity contribution in [3.05, 3.63) is 97.7 Å². The van der Waals surface area contributed by atoms with Crippen LogP contribution < -0.4 is 0 Å². The molecule has 0 atom stereocenters. The van der Waals surface area contributed by atoms with Crippen LogP contribution in [0.2, 0.25) is 15.3 Å². The normalized spacial score (nSPS) is 12.0. The number of benzene rings is 2. The van der Waals surface area contributed by atoms with Gasteiger partial charge in [-0.25, -0.2) is 4.98 Å². The first-order valence-electron chi connectivity index (χ1n) is 10.8. The Hall–Kier alpha value is -2.28. The molecule has 0 saturated heterocycles. The maximum Gasteiger partial charge on any atom is 0.416 e. The van der Waals surface area contributed by atoms with E-state index in [4.69, 9.17) is 34.8 Å². The van der Waals surface area contributed by atoms with Crippen molar-refractivity contribution in [2.45, 2.75) is 45.3 Å². The zero-order valence-electron chi connectivity index (χ0n) is 19.4. The molecule has 0 aliphatic heterocycles. The summed E-state index contributed by atoms with van der Waals surface area (Å²) in [4.78, 5) is 18.8. The van der Waals surface area contributed by atoms with E-state index in [-0.39, 0.29) is 51.7 Å². The maximum absolute atomic E-state index is 13.4. The quantitative estimate of drug-likeness (QED) is 0.293. The summed E-state index contributed by atoms with van der Waals surface area (Å²) >= 11 is 17.9. The molecule has 1 aromatic heterocycles. The van der Waals surface area contributed by atoms with Gasteiger partial charge in [0.05, 0.1) is 5.56 Å². The van der Waals surface area contributed by atoms with Gasteiger partial charge in [-0.3, -0.25) is 4.79 Å². The molecule has 1 amide bonds. The Labute approximate surface area is 217 Å². The second-order valence-corrected chi connectivity index (χ2v) is 10.5. The van der Waals surface area contributed by atoms with Crippen LogP contribution >= 0.6 is 34.8 Å². The number of carbonyl (C=O) groups is 1. The summed E-state index contributed by atoms with van der Waals surface area (Å²) in [6.07, 6.45) is -4.35. The van der Waals surface area contributed by atoms with Crippen molar-refractivity contribution in [2.75, 3.05) is 6.54 Å². The number of hydrogen-bond acceptors (Lipinski definition) is 2. The summed E-state index contributed by atoms with van der Waals surface area (Å²) in [6.45, 7) is 6.71. The Balaban J connectivity index is 1.89. The largest absolute Gasteiger partial charge is 0.416 e. The lowest BCUT2D eigenvalue weighted by atomic mass is 9.87. The van der Waals surface area contributed by atoms with Crippen LogP contribution in [0.25, 0.3) is 0 Å². The molecule has 0 N–H and O–H groups in total. The minimum absolute atomic E-state index is 0.0156. The molecule has 0 aliphatic carbocycles. The number of hydrogen-bond donors (Lipinski definition) is 0. The van der Waals surface area contributed by atoms with Gasteiger partial charge in [0.25, 0.3) is 5.91 Å². The zero-order chi connectivity index (χ0) is 26.0. The Bertz CT molecular complexity index is 1190. The van der Waals surface area contributed by atoms with Crippen LogP contribution in [-0.4, -0.2) is 22.3 Å². The van der Waals surface area contributed by atoms with E-state index in [1.54, 1.807) is 4.90 Å². The summed E-state index contributed by atoms with van der Waals surface area (Å²) in [7, 11) is 0. The van der Waals surface area contributed by atoms with E-state index in [9.17, 15) is 18.0 Å². The smallest absolute Gasteiger partial charge is 0.334 e. The monoisotopic (exact) mass is 542 g/mol. The van der Waals surface area contributed by atoms with Crippen LogP contribution in [0.15, 0.2) is 54.6 Å². The molecule has 0 bridgehead atoms. The number of carbonyl (C=O) groups excluding carboxylic acids is 1. The van der Waals surface area contributed by atoms with Crippen LogP contribution in [0.4, 0.5) is 13.2 Å². The summed E-state index contributed by atoms with van der Waals surface area (Å²) in [6, 6.07) is 14.1. The van der Waals surface area contributed by atoms with Gasteiger partial charge in [0.2, 0.25) is 0 Å². The number of pyridine rings is 1. The van der Waals surface area contributed by atoms with Gasteiger partial charge in [0.15, 0.2) is 0 Å². The highest BCUT2D eigenvalue weighted by Crippen LogP contribution is 2.32. The van der Waals surface area contributed by atoms with Crippen molar-refractivity contribution in [3.63, 3.8) is 0 Å². The molecule has 1 heterocycles. The Morgan fingerprint density at radius 3 is 2.00 bits per heavy atom. The van der Waals surface area contributed by atoms with Gasteiger partial charge in [0, 0.05) is 23.7 Å². The fourth-order valence-electron chi connectivity index (χ4n) is 3.58. The predicted molar refractivity (Wildman–Crippen MR) is 134 cm³/mol. The maximum atomic E-state index is 13.4. The summed E-state index contributed by atoms with van der Waals surface area (Å²) < 4.78 is 39.7. The number of halogens is 6. The van der Waals surface area contributed by atoms with Gasteiger partial charge in [0.1, 0.15) is 10.3 Å². The third kappa shape index (κ3) is 7.60. The lowest BCUT2D eigenvalue weighted by Gasteiger charge is -2.24. The minimum atomic E-state index is -4.52. The molecule has 0 aliphatic rings. The molecule has 2 aromatic carbocycles. The third-order valence-electron chi connectivity index (χ3n) is 5.45. The van der Waals surface area contributed by atoms with Gasteiger partial charge in [-0.15, -0.1) is 0 Å². The predicted octanol–water partition coefficient (Wildman–Crippen LogP) is 8.24. The molecule has 35 heavy (non-hydrogen) atoms. The topological polar surface area (TPSA) is 33.2 Å². The highest BCUT2D eigenvalue weighted by atomic mass is 35.5. The second kappa shape index (κ2) is 10.8. The molecule has 3 rings (SSSR count). The minimum Gasteiger partial charge on any atom is -0.334 e. The van der Waals surface area contributed by atoms with Crippen molar-refractivity contribution in [1.82, 2.24) is 9.88 Å². The fourth-order valence-corrected chi connectivity index (χ4v) is 4.29. The van der Waals surface area contributed by atoms with Gasteiger partial charge < -0.3 is 4.90 Å². The number of amides is 1. The Morgan fingerprint density at radius 1 is 0.857 bits per heavy atom. The Morgan fingerprint density at radius 2 is 1.46 bits per heavy atom. The number of nitrogens with zero attached hydrogens (tertiary/aromatic N) is 2. The van der Waals surface area contributed by atoms with Gasteiger partial charge >= 0.3 is 6.18 Å². The summed E-state index contributed by atoms with van der Waals surface area (Å²) in [5.41, 5.74) is 1.77. The van der Waals surface area contributed by atoms with E-state index in [0.29, 0.717) is 5.56 Å². The fraction of sp³-hybridized carbons (Fsp3) is 0.308. The molecule has 186 valence electrons. The van der Waals surface area contributed by atoms with E-state index in [0.717, 1.165) is 23.3 Å². The number of aromatic nitrogens is 1. The molecule has 0 fully saturated rings. The third-order valence-corrected chi connectivity index (χ3v) is 6.05. The van der Waals surface area contributed by atoms with Crippen molar-refractivity contribution < 1.29 is 18.0 Å². The highest BCUT2D eigenvalue weighted by molar-refractivity contribution is 6.33. The van der Waals surface area contributed by atoms with Crippen LogP contribution in [0.5, 0.6) is 0 Å². The van der Waals surface area contributed by atoms with E-state index >= 15 is 0 Å². The SMILES string of the molecule is CC(C)(C)c1ccc(CN(CCc2cc(Cl)cc(C(F)(F)F)c2)C(=O)c2cc(Cl)nc(Cl)c2)cc1. The molecule has 0 unspecified atom stereocenters. The van der Waals surface area contributed by atoms with Crippen LogP contribution in [-0.2, 0) is 24.6 Å². The van der Waals surface area contributed by atoms with E-state index in [1.807, 2.05) is 24.3 Å². The zero-order valence-corrected chi connectivity index (χ0v) is 21.7. The van der Waals surface area contributed by atoms with E-state index < -0.39 is 11.7 Å².